The Morgan fingerprint density at radius 1 is 1.50 bits per heavy atom. The fourth-order valence-electron chi connectivity index (χ4n) is 0.691. The summed E-state index contributed by atoms with van der Waals surface area (Å²) >= 11 is 5.29. The van der Waals surface area contributed by atoms with Crippen LogP contribution in [0, 0.1) is 0 Å². The van der Waals surface area contributed by atoms with Crippen molar-refractivity contribution >= 4 is 46.1 Å². The summed E-state index contributed by atoms with van der Waals surface area (Å²) in [6, 6.07) is 0. The van der Waals surface area contributed by atoms with Crippen molar-refractivity contribution in [2.45, 2.75) is 13.3 Å². The highest BCUT2D eigenvalue weighted by Crippen LogP contribution is 2.48. The van der Waals surface area contributed by atoms with Gasteiger partial charge >= 0.3 is 7.60 Å². The minimum atomic E-state index is -2.77. The van der Waals surface area contributed by atoms with Gasteiger partial charge in [0.05, 0.1) is 12.8 Å². The summed E-state index contributed by atoms with van der Waals surface area (Å²) < 4.78 is 22.3. The molecule has 3 nitrogen and oxygen atoms in total. The molecule has 1 unspecified atom stereocenters. The predicted octanol–water partition coefficient (Wildman–Crippen LogP) is 3.41. The van der Waals surface area contributed by atoms with Gasteiger partial charge < -0.3 is 4.52 Å². The Morgan fingerprint density at radius 2 is 2.17 bits per heavy atom. The summed E-state index contributed by atoms with van der Waals surface area (Å²) in [6.45, 7) is 2.26. The lowest BCUT2D eigenvalue weighted by atomic mass is 10.6. The lowest BCUT2D eigenvalue weighted by Crippen LogP contribution is -1.99. The Kier molecular flexibility index (Phi) is 8.61. The second kappa shape index (κ2) is 7.74. The Morgan fingerprint density at radius 3 is 2.58 bits per heavy atom. The zero-order valence-electron chi connectivity index (χ0n) is 6.96. The SMILES string of the molecule is CCOP(=O)(CCCBr)OCI. The van der Waals surface area contributed by atoms with E-state index in [2.05, 4.69) is 15.9 Å². The van der Waals surface area contributed by atoms with Crippen LogP contribution < -0.4 is 0 Å². The molecule has 0 radical (unpaired) electrons. The largest absolute Gasteiger partial charge is 0.331 e. The van der Waals surface area contributed by atoms with Crippen LogP contribution in [0.3, 0.4) is 0 Å². The Labute approximate surface area is 95.4 Å². The zero-order valence-corrected chi connectivity index (χ0v) is 11.6. The first-order chi connectivity index (χ1) is 5.68. The molecule has 0 saturated heterocycles. The molecule has 0 aliphatic carbocycles. The molecule has 0 aliphatic rings. The lowest BCUT2D eigenvalue weighted by molar-refractivity contribution is 0.241. The molecule has 0 fully saturated rings. The molecule has 0 amide bonds. The van der Waals surface area contributed by atoms with Crippen molar-refractivity contribution in [3.63, 3.8) is 0 Å². The molecule has 1 atom stereocenters. The van der Waals surface area contributed by atoms with Gasteiger partial charge in [0, 0.05) is 5.33 Å². The van der Waals surface area contributed by atoms with Crippen molar-refractivity contribution in [2.75, 3.05) is 22.7 Å². The van der Waals surface area contributed by atoms with Crippen molar-refractivity contribution in [2.24, 2.45) is 0 Å². The molecular weight excluding hydrogens is 358 g/mol. The van der Waals surface area contributed by atoms with E-state index in [-0.39, 0.29) is 0 Å². The lowest BCUT2D eigenvalue weighted by Gasteiger charge is -2.15. The highest BCUT2D eigenvalue weighted by atomic mass is 127. The average Bonchev–Trinajstić information content (AvgIpc) is 2.02. The maximum Gasteiger partial charge on any atom is 0.331 e. The third-order valence-corrected chi connectivity index (χ3v) is 4.54. The van der Waals surface area contributed by atoms with E-state index in [1.807, 2.05) is 29.5 Å². The Hall–Kier alpha value is 1.36. The van der Waals surface area contributed by atoms with Crippen LogP contribution in [0.2, 0.25) is 0 Å². The smallest absolute Gasteiger partial charge is 0.309 e. The molecular formula is C6H13BrIO3P. The average molecular weight is 371 g/mol. The molecule has 0 N–H and O–H groups in total. The molecule has 74 valence electrons. The maximum atomic E-state index is 11.7. The summed E-state index contributed by atoms with van der Waals surface area (Å²) in [6.07, 6.45) is 1.31. The van der Waals surface area contributed by atoms with Crippen LogP contribution >= 0.6 is 46.1 Å². The minimum absolute atomic E-state index is 0.414. The van der Waals surface area contributed by atoms with Crippen molar-refractivity contribution < 1.29 is 13.6 Å². The molecule has 0 heterocycles. The normalized spacial score (nSPS) is 15.9. The van der Waals surface area contributed by atoms with Gasteiger partial charge in [-0.05, 0) is 13.3 Å². The van der Waals surface area contributed by atoms with Crippen molar-refractivity contribution in [1.82, 2.24) is 0 Å². The number of hydrogen-bond donors (Lipinski definition) is 0. The molecule has 0 aliphatic heterocycles. The molecule has 6 heteroatoms. The van der Waals surface area contributed by atoms with Crippen LogP contribution in [0.5, 0.6) is 0 Å². The molecule has 0 aromatic carbocycles. The Balaban J connectivity index is 3.90. The highest BCUT2D eigenvalue weighted by molar-refractivity contribution is 14.1. The number of alkyl halides is 2. The third kappa shape index (κ3) is 5.91. The van der Waals surface area contributed by atoms with Gasteiger partial charge in [-0.1, -0.05) is 38.5 Å². The van der Waals surface area contributed by atoms with Crippen LogP contribution in [0.4, 0.5) is 0 Å². The third-order valence-electron chi connectivity index (χ3n) is 1.14. The van der Waals surface area contributed by atoms with Gasteiger partial charge in [0.25, 0.3) is 0 Å². The quantitative estimate of drug-likeness (QED) is 0.391. The molecule has 0 aromatic heterocycles. The van der Waals surface area contributed by atoms with E-state index in [4.69, 9.17) is 9.05 Å². The van der Waals surface area contributed by atoms with Gasteiger partial charge in [0.15, 0.2) is 0 Å². The molecule has 0 aromatic rings. The van der Waals surface area contributed by atoms with Gasteiger partial charge in [-0.25, -0.2) is 0 Å². The summed E-state index contributed by atoms with van der Waals surface area (Å²) in [5.41, 5.74) is 0. The number of halogens is 2. The molecule has 0 bridgehead atoms. The van der Waals surface area contributed by atoms with Gasteiger partial charge in [0.1, 0.15) is 4.61 Å². The summed E-state index contributed by atoms with van der Waals surface area (Å²) in [5, 5.41) is 0.828. The van der Waals surface area contributed by atoms with E-state index in [0.29, 0.717) is 17.4 Å². The fourth-order valence-corrected chi connectivity index (χ4v) is 4.10. The highest BCUT2D eigenvalue weighted by Gasteiger charge is 2.22. The topological polar surface area (TPSA) is 35.5 Å². The first-order valence-corrected chi connectivity index (χ1v) is 8.06. The van der Waals surface area contributed by atoms with E-state index < -0.39 is 7.60 Å². The standard InChI is InChI=1S/C6H13BrIO3P/c1-2-10-12(9,11-6-8)5-3-4-7/h2-6H2,1H3. The van der Waals surface area contributed by atoms with E-state index >= 15 is 0 Å². The van der Waals surface area contributed by atoms with Crippen LogP contribution in [-0.4, -0.2) is 22.7 Å². The second-order valence-corrected chi connectivity index (χ2v) is 5.63. The first kappa shape index (κ1) is 13.4. The van der Waals surface area contributed by atoms with Gasteiger partial charge in [-0.2, -0.15) is 0 Å². The minimum Gasteiger partial charge on any atom is -0.309 e. The van der Waals surface area contributed by atoms with Crippen LogP contribution in [0.15, 0.2) is 0 Å². The molecule has 0 saturated carbocycles. The van der Waals surface area contributed by atoms with Gasteiger partial charge in [0.2, 0.25) is 0 Å². The van der Waals surface area contributed by atoms with E-state index in [1.54, 1.807) is 0 Å². The summed E-state index contributed by atoms with van der Waals surface area (Å²) in [7, 11) is -2.77. The predicted molar refractivity (Wildman–Crippen MR) is 62.5 cm³/mol. The maximum absolute atomic E-state index is 11.7. The summed E-state index contributed by atoms with van der Waals surface area (Å²) in [4.78, 5) is 0. The van der Waals surface area contributed by atoms with Crippen LogP contribution in [0.25, 0.3) is 0 Å². The van der Waals surface area contributed by atoms with Crippen molar-refractivity contribution in [3.8, 4) is 0 Å². The van der Waals surface area contributed by atoms with E-state index in [0.717, 1.165) is 11.8 Å². The van der Waals surface area contributed by atoms with Gasteiger partial charge in [-0.15, -0.1) is 0 Å². The van der Waals surface area contributed by atoms with Crippen molar-refractivity contribution in [1.29, 1.82) is 0 Å². The Bertz CT molecular complexity index is 146. The van der Waals surface area contributed by atoms with E-state index in [9.17, 15) is 4.57 Å². The number of rotatable bonds is 7. The second-order valence-electron chi connectivity index (χ2n) is 2.03. The zero-order chi connectivity index (χ0) is 9.45. The fraction of sp³-hybridized carbons (Fsp3) is 1.00. The first-order valence-electron chi connectivity index (χ1n) is 3.68. The van der Waals surface area contributed by atoms with Crippen LogP contribution in [-0.2, 0) is 13.6 Å². The van der Waals surface area contributed by atoms with Gasteiger partial charge in [-0.3, -0.25) is 9.09 Å². The van der Waals surface area contributed by atoms with Crippen LogP contribution in [0.1, 0.15) is 13.3 Å². The molecule has 0 spiro atoms. The number of hydrogen-bond acceptors (Lipinski definition) is 3. The van der Waals surface area contributed by atoms with E-state index in [1.165, 1.54) is 0 Å². The molecule has 12 heavy (non-hydrogen) atoms. The molecule has 0 rings (SSSR count). The summed E-state index contributed by atoms with van der Waals surface area (Å²) in [5.74, 6) is 0. The van der Waals surface area contributed by atoms with Crippen molar-refractivity contribution in [3.05, 3.63) is 0 Å². The monoisotopic (exact) mass is 370 g/mol.